The van der Waals surface area contributed by atoms with Crippen molar-refractivity contribution >= 4 is 17.7 Å². The predicted octanol–water partition coefficient (Wildman–Crippen LogP) is 1.41. The zero-order chi connectivity index (χ0) is 10.6. The first-order chi connectivity index (χ1) is 6.64. The number of esters is 1. The first-order valence-electron chi connectivity index (χ1n) is 5.05. The van der Waals surface area contributed by atoms with Crippen LogP contribution in [0.4, 0.5) is 0 Å². The highest BCUT2D eigenvalue weighted by atomic mass is 32.2. The van der Waals surface area contributed by atoms with E-state index in [1.165, 1.54) is 7.11 Å². The van der Waals surface area contributed by atoms with Crippen molar-refractivity contribution in [3.63, 3.8) is 0 Å². The Morgan fingerprint density at radius 2 is 2.43 bits per heavy atom. The van der Waals surface area contributed by atoms with Gasteiger partial charge in [-0.3, -0.25) is 4.79 Å². The van der Waals surface area contributed by atoms with E-state index >= 15 is 0 Å². The largest absolute Gasteiger partial charge is 0.469 e. The minimum absolute atomic E-state index is 0.00743. The first kappa shape index (κ1) is 11.9. The van der Waals surface area contributed by atoms with E-state index in [0.717, 1.165) is 24.3 Å². The Kier molecular flexibility index (Phi) is 4.26. The number of methoxy groups -OCH3 is 1. The van der Waals surface area contributed by atoms with E-state index < -0.39 is 0 Å². The average Bonchev–Trinajstić information content (AvgIpc) is 2.66. The predicted molar refractivity (Wildman–Crippen MR) is 59.3 cm³/mol. The summed E-state index contributed by atoms with van der Waals surface area (Å²) in [6, 6.07) is 0.122. The van der Waals surface area contributed by atoms with E-state index in [1.54, 1.807) is 0 Å². The first-order valence-corrected chi connectivity index (χ1v) is 6.20. The molecule has 0 aromatic rings. The summed E-state index contributed by atoms with van der Waals surface area (Å²) in [5.41, 5.74) is 6.09. The van der Waals surface area contributed by atoms with Crippen LogP contribution in [0.3, 0.4) is 0 Å². The maximum atomic E-state index is 11.3. The highest BCUT2D eigenvalue weighted by Gasteiger charge is 2.41. The molecule has 0 spiro atoms. The number of thioether (sulfide) groups is 1. The summed E-state index contributed by atoms with van der Waals surface area (Å²) in [6.45, 7) is 2.08. The molecule has 2 atom stereocenters. The van der Waals surface area contributed by atoms with E-state index in [9.17, 15) is 4.79 Å². The molecule has 1 fully saturated rings. The Bertz CT molecular complexity index is 202. The smallest absolute Gasteiger partial charge is 0.306 e. The Balaban J connectivity index is 2.66. The number of rotatable bonds is 4. The van der Waals surface area contributed by atoms with E-state index in [2.05, 4.69) is 6.92 Å². The van der Waals surface area contributed by atoms with Crippen LogP contribution in [0.25, 0.3) is 0 Å². The molecule has 1 heterocycles. The van der Waals surface area contributed by atoms with Gasteiger partial charge in [0.1, 0.15) is 0 Å². The summed E-state index contributed by atoms with van der Waals surface area (Å²) in [4.78, 5) is 11.3. The molecule has 82 valence electrons. The monoisotopic (exact) mass is 217 g/mol. The molecular weight excluding hydrogens is 198 g/mol. The van der Waals surface area contributed by atoms with Crippen LogP contribution in [-0.4, -0.2) is 30.6 Å². The van der Waals surface area contributed by atoms with E-state index in [0.29, 0.717) is 6.42 Å². The molecule has 14 heavy (non-hydrogen) atoms. The highest BCUT2D eigenvalue weighted by molar-refractivity contribution is 7.99. The molecule has 0 aromatic carbocycles. The van der Waals surface area contributed by atoms with Gasteiger partial charge in [0.25, 0.3) is 0 Å². The maximum absolute atomic E-state index is 11.3. The normalized spacial score (nSPS) is 28.8. The molecule has 2 unspecified atom stereocenters. The van der Waals surface area contributed by atoms with Crippen molar-refractivity contribution in [2.24, 2.45) is 11.1 Å². The maximum Gasteiger partial charge on any atom is 0.306 e. The molecule has 0 bridgehead atoms. The van der Waals surface area contributed by atoms with Crippen LogP contribution in [0.2, 0.25) is 0 Å². The molecule has 1 aliphatic rings. The lowest BCUT2D eigenvalue weighted by atomic mass is 9.76. The Morgan fingerprint density at radius 3 is 2.86 bits per heavy atom. The van der Waals surface area contributed by atoms with Crippen LogP contribution in [0.15, 0.2) is 0 Å². The molecule has 0 saturated carbocycles. The van der Waals surface area contributed by atoms with Crippen LogP contribution in [-0.2, 0) is 9.53 Å². The van der Waals surface area contributed by atoms with Gasteiger partial charge in [-0.1, -0.05) is 6.92 Å². The van der Waals surface area contributed by atoms with Crippen LogP contribution in [0.1, 0.15) is 26.2 Å². The minimum atomic E-state index is -0.128. The SMILES string of the molecule is CCC(N)C1(CC(=O)OC)CCSC1. The summed E-state index contributed by atoms with van der Waals surface area (Å²) < 4.78 is 4.73. The van der Waals surface area contributed by atoms with Gasteiger partial charge in [-0.05, 0) is 18.6 Å². The fraction of sp³-hybridized carbons (Fsp3) is 0.900. The van der Waals surface area contributed by atoms with Gasteiger partial charge in [-0.15, -0.1) is 0 Å². The van der Waals surface area contributed by atoms with E-state index in [4.69, 9.17) is 10.5 Å². The number of hydrogen-bond donors (Lipinski definition) is 1. The van der Waals surface area contributed by atoms with Crippen molar-refractivity contribution in [1.29, 1.82) is 0 Å². The van der Waals surface area contributed by atoms with Gasteiger partial charge in [0.05, 0.1) is 13.5 Å². The van der Waals surface area contributed by atoms with Crippen LogP contribution in [0, 0.1) is 5.41 Å². The summed E-state index contributed by atoms with van der Waals surface area (Å²) in [7, 11) is 1.44. The Hall–Kier alpha value is -0.220. The van der Waals surface area contributed by atoms with Gasteiger partial charge in [0.15, 0.2) is 0 Å². The zero-order valence-electron chi connectivity index (χ0n) is 8.91. The summed E-state index contributed by atoms with van der Waals surface area (Å²) in [6.07, 6.45) is 2.45. The van der Waals surface area contributed by atoms with Crippen molar-refractivity contribution in [3.8, 4) is 0 Å². The Labute approximate surface area is 89.8 Å². The lowest BCUT2D eigenvalue weighted by Crippen LogP contribution is -2.43. The summed E-state index contributed by atoms with van der Waals surface area (Å²) in [5.74, 6) is 1.98. The minimum Gasteiger partial charge on any atom is -0.469 e. The highest BCUT2D eigenvalue weighted by Crippen LogP contribution is 2.42. The van der Waals surface area contributed by atoms with Gasteiger partial charge in [0.2, 0.25) is 0 Å². The second kappa shape index (κ2) is 5.03. The number of hydrogen-bond acceptors (Lipinski definition) is 4. The molecule has 4 heteroatoms. The molecule has 0 radical (unpaired) electrons. The second-order valence-electron chi connectivity index (χ2n) is 3.93. The third-order valence-electron chi connectivity index (χ3n) is 3.08. The number of carbonyl (C=O) groups excluding carboxylic acids is 1. The van der Waals surface area contributed by atoms with E-state index in [1.807, 2.05) is 11.8 Å². The van der Waals surface area contributed by atoms with Crippen molar-refractivity contribution in [2.45, 2.75) is 32.2 Å². The Morgan fingerprint density at radius 1 is 1.71 bits per heavy atom. The molecule has 1 rings (SSSR count). The quantitative estimate of drug-likeness (QED) is 0.723. The lowest BCUT2D eigenvalue weighted by molar-refractivity contribution is -0.143. The van der Waals surface area contributed by atoms with Crippen LogP contribution >= 0.6 is 11.8 Å². The third-order valence-corrected chi connectivity index (χ3v) is 4.36. The van der Waals surface area contributed by atoms with E-state index in [-0.39, 0.29) is 17.4 Å². The molecule has 0 aliphatic carbocycles. The lowest BCUT2D eigenvalue weighted by Gasteiger charge is -2.32. The third kappa shape index (κ3) is 2.42. The molecule has 2 N–H and O–H groups in total. The van der Waals surface area contributed by atoms with Crippen LogP contribution < -0.4 is 5.73 Å². The van der Waals surface area contributed by atoms with Gasteiger partial charge in [-0.25, -0.2) is 0 Å². The summed E-state index contributed by atoms with van der Waals surface area (Å²) in [5, 5.41) is 0. The average molecular weight is 217 g/mol. The molecular formula is C10H19NO2S. The van der Waals surface area contributed by atoms with Gasteiger partial charge >= 0.3 is 5.97 Å². The number of nitrogens with two attached hydrogens (primary N) is 1. The molecule has 1 saturated heterocycles. The second-order valence-corrected chi connectivity index (χ2v) is 5.04. The number of ether oxygens (including phenoxy) is 1. The van der Waals surface area contributed by atoms with Crippen molar-refractivity contribution in [2.75, 3.05) is 18.6 Å². The molecule has 1 aliphatic heterocycles. The molecule has 0 amide bonds. The van der Waals surface area contributed by atoms with Crippen molar-refractivity contribution < 1.29 is 9.53 Å². The fourth-order valence-corrected chi connectivity index (χ4v) is 3.54. The van der Waals surface area contributed by atoms with Gasteiger partial charge in [-0.2, -0.15) is 11.8 Å². The summed E-state index contributed by atoms with van der Waals surface area (Å²) >= 11 is 1.89. The number of carbonyl (C=O) groups is 1. The fourth-order valence-electron chi connectivity index (χ4n) is 1.98. The van der Waals surface area contributed by atoms with Gasteiger partial charge in [0, 0.05) is 17.2 Å². The van der Waals surface area contributed by atoms with Gasteiger partial charge < -0.3 is 10.5 Å². The molecule has 0 aromatic heterocycles. The zero-order valence-corrected chi connectivity index (χ0v) is 9.73. The van der Waals surface area contributed by atoms with Crippen molar-refractivity contribution in [3.05, 3.63) is 0 Å². The topological polar surface area (TPSA) is 52.3 Å². The van der Waals surface area contributed by atoms with Crippen LogP contribution in [0.5, 0.6) is 0 Å². The van der Waals surface area contributed by atoms with Crippen molar-refractivity contribution in [1.82, 2.24) is 0 Å². The standard InChI is InChI=1S/C10H19NO2S/c1-3-8(11)10(4-5-14-7-10)6-9(12)13-2/h8H,3-7,11H2,1-2H3. The molecule has 3 nitrogen and oxygen atoms in total.